The zero-order valence-electron chi connectivity index (χ0n) is 21.4. The van der Waals surface area contributed by atoms with E-state index in [0.717, 1.165) is 33.9 Å². The smallest absolute Gasteiger partial charge is 0.371 e. The molecule has 5 nitrogen and oxygen atoms in total. The second-order valence-corrected chi connectivity index (χ2v) is 11.0. The fraction of sp³-hybridized carbons (Fsp3) is 0.0882. The number of nitrogens with zero attached hydrogens (tertiary/aromatic N) is 4. The molecule has 0 bridgehead atoms. The topological polar surface area (TPSA) is 34.3 Å². The van der Waals surface area contributed by atoms with E-state index in [9.17, 15) is 0 Å². The molecule has 0 amide bonds. The summed E-state index contributed by atoms with van der Waals surface area (Å²) in [5.74, 6) is 1.83. The fourth-order valence-corrected chi connectivity index (χ4v) is 7.78. The van der Waals surface area contributed by atoms with Crippen molar-refractivity contribution in [1.29, 1.82) is 0 Å². The van der Waals surface area contributed by atoms with Gasteiger partial charge in [0.2, 0.25) is 11.3 Å². The lowest BCUT2D eigenvalue weighted by molar-refractivity contribution is -0.950. The van der Waals surface area contributed by atoms with Crippen molar-refractivity contribution in [2.45, 2.75) is 19.5 Å². The van der Waals surface area contributed by atoms with Gasteiger partial charge in [-0.25, -0.2) is 4.98 Å². The summed E-state index contributed by atoms with van der Waals surface area (Å²) in [6, 6.07) is 28.1. The van der Waals surface area contributed by atoms with Crippen LogP contribution in [0.15, 0.2) is 97.5 Å². The lowest BCUT2D eigenvalue weighted by Gasteiger charge is -2.27. The first-order valence-corrected chi connectivity index (χ1v) is 13.4. The van der Waals surface area contributed by atoms with E-state index in [1.54, 1.807) is 0 Å². The van der Waals surface area contributed by atoms with E-state index in [-0.39, 0.29) is 0 Å². The molecule has 0 fully saturated rings. The summed E-state index contributed by atoms with van der Waals surface area (Å²) in [5.41, 5.74) is 11.3. The average Bonchev–Trinajstić information content (AvgIpc) is 3.59. The van der Waals surface area contributed by atoms with E-state index in [1.807, 2.05) is 12.3 Å². The summed E-state index contributed by atoms with van der Waals surface area (Å²) >= 11 is 0. The quantitative estimate of drug-likeness (QED) is 0.198. The van der Waals surface area contributed by atoms with Crippen LogP contribution in [0, 0.1) is 13.8 Å². The summed E-state index contributed by atoms with van der Waals surface area (Å²) < 4.78 is 14.0. The molecule has 0 saturated heterocycles. The normalized spacial score (nSPS) is 17.3. The zero-order chi connectivity index (χ0) is 25.6. The van der Waals surface area contributed by atoms with Gasteiger partial charge in [0.15, 0.2) is 11.9 Å². The highest BCUT2D eigenvalue weighted by Gasteiger charge is 2.68. The third-order valence-electron chi connectivity index (χ3n) is 9.13. The molecule has 39 heavy (non-hydrogen) atoms. The first-order valence-electron chi connectivity index (χ1n) is 13.4. The Hall–Kier alpha value is -5.03. The molecule has 3 aliphatic heterocycles. The van der Waals surface area contributed by atoms with Gasteiger partial charge in [0.05, 0.1) is 16.3 Å². The standard InChI is InChI=1S/C34H22N4O/c1-19-8-5-9-20(2)28(19)25-18-37-33-29-21(22-11-7-16-35-32(22)38(25)33)14-15-27-31(29)34(37)30-23(10-6-13-26(30)39-27)24-12-3-4-17-36(24)34/h3-18H,1-2H3/q+2. The van der Waals surface area contributed by atoms with E-state index < -0.39 is 5.66 Å². The summed E-state index contributed by atoms with van der Waals surface area (Å²) in [6.07, 6.45) is 6.50. The molecule has 7 aromatic rings. The molecule has 1 unspecified atom stereocenters. The minimum atomic E-state index is -0.588. The van der Waals surface area contributed by atoms with Gasteiger partial charge in [-0.2, -0.15) is 8.97 Å². The van der Waals surface area contributed by atoms with Crippen molar-refractivity contribution in [2.24, 2.45) is 0 Å². The number of aromatic nitrogens is 4. The summed E-state index contributed by atoms with van der Waals surface area (Å²) in [5, 5.41) is 3.58. The Kier molecular flexibility index (Phi) is 3.25. The largest absolute Gasteiger partial charge is 0.456 e. The molecule has 182 valence electrons. The van der Waals surface area contributed by atoms with Gasteiger partial charge in [-0.1, -0.05) is 24.3 Å². The van der Waals surface area contributed by atoms with Crippen LogP contribution >= 0.6 is 0 Å². The Morgan fingerprint density at radius 2 is 1.62 bits per heavy atom. The molecule has 3 aliphatic rings. The molecule has 1 atom stereocenters. The Labute approximate surface area is 223 Å². The van der Waals surface area contributed by atoms with Crippen molar-refractivity contribution in [3.8, 4) is 34.0 Å². The van der Waals surface area contributed by atoms with Crippen LogP contribution in [0.3, 0.4) is 0 Å². The predicted octanol–water partition coefficient (Wildman–Crippen LogP) is 6.20. The van der Waals surface area contributed by atoms with Gasteiger partial charge < -0.3 is 4.74 Å². The lowest BCUT2D eigenvalue weighted by atomic mass is 9.86. The maximum absolute atomic E-state index is 6.70. The van der Waals surface area contributed by atoms with E-state index in [1.165, 1.54) is 49.8 Å². The van der Waals surface area contributed by atoms with Crippen molar-refractivity contribution in [3.63, 3.8) is 0 Å². The van der Waals surface area contributed by atoms with Gasteiger partial charge in [0, 0.05) is 29.3 Å². The van der Waals surface area contributed by atoms with Gasteiger partial charge in [-0.15, -0.1) is 4.57 Å². The van der Waals surface area contributed by atoms with Crippen LogP contribution in [0.25, 0.3) is 50.0 Å². The maximum atomic E-state index is 6.70. The summed E-state index contributed by atoms with van der Waals surface area (Å²) in [4.78, 5) is 4.99. The van der Waals surface area contributed by atoms with Crippen LogP contribution in [0.4, 0.5) is 0 Å². The number of hydrogen-bond donors (Lipinski definition) is 0. The Morgan fingerprint density at radius 3 is 2.51 bits per heavy atom. The molecule has 3 aromatic carbocycles. The van der Waals surface area contributed by atoms with E-state index in [2.05, 4.69) is 113 Å². The summed E-state index contributed by atoms with van der Waals surface area (Å²) in [6.45, 7) is 4.41. The minimum Gasteiger partial charge on any atom is -0.456 e. The zero-order valence-corrected chi connectivity index (χ0v) is 21.4. The third kappa shape index (κ3) is 1.99. The Bertz CT molecular complexity index is 2280. The highest BCUT2D eigenvalue weighted by atomic mass is 16.5. The van der Waals surface area contributed by atoms with Crippen LogP contribution in [0.2, 0.25) is 0 Å². The number of ether oxygens (including phenoxy) is 1. The third-order valence-corrected chi connectivity index (χ3v) is 9.13. The van der Waals surface area contributed by atoms with Crippen molar-refractivity contribution in [3.05, 3.63) is 120 Å². The number of hydrogen-bond acceptors (Lipinski definition) is 2. The molecule has 4 aromatic heterocycles. The molecule has 1 spiro atoms. The van der Waals surface area contributed by atoms with Crippen LogP contribution < -0.4 is 13.9 Å². The molecule has 0 N–H and O–H groups in total. The van der Waals surface area contributed by atoms with Crippen molar-refractivity contribution >= 4 is 27.5 Å². The molecule has 0 radical (unpaired) electrons. The molecule has 10 rings (SSSR count). The fourth-order valence-electron chi connectivity index (χ4n) is 7.78. The average molecular weight is 503 g/mol. The molecule has 0 aliphatic carbocycles. The monoisotopic (exact) mass is 502 g/mol. The van der Waals surface area contributed by atoms with Gasteiger partial charge in [0.25, 0.3) is 0 Å². The SMILES string of the molecule is Cc1cccc(C)c1-c1c[n+]2c3c4c5c(ccc4c4cccnc4n13)Oc1cccc3c1C52[n+]1ccccc1-3. The second kappa shape index (κ2) is 6.33. The van der Waals surface area contributed by atoms with Crippen LogP contribution in [0.1, 0.15) is 22.3 Å². The highest BCUT2D eigenvalue weighted by Crippen LogP contribution is 2.57. The second-order valence-electron chi connectivity index (χ2n) is 11.0. The molecule has 0 saturated carbocycles. The number of fused-ring (bicyclic) bond motifs is 5. The number of pyridine rings is 3. The molecule has 7 heterocycles. The van der Waals surface area contributed by atoms with Gasteiger partial charge in [-0.05, 0) is 67.4 Å². The molecule has 5 heteroatoms. The maximum Gasteiger partial charge on any atom is 0.371 e. The number of benzene rings is 3. The Balaban J connectivity index is 1.54. The Morgan fingerprint density at radius 1 is 0.769 bits per heavy atom. The number of imidazole rings is 1. The van der Waals surface area contributed by atoms with E-state index in [0.29, 0.717) is 0 Å². The van der Waals surface area contributed by atoms with Gasteiger partial charge in [-0.3, -0.25) is 0 Å². The number of aryl methyl sites for hydroxylation is 2. The minimum absolute atomic E-state index is 0.588. The first-order chi connectivity index (χ1) is 19.2. The van der Waals surface area contributed by atoms with Gasteiger partial charge >= 0.3 is 11.3 Å². The summed E-state index contributed by atoms with van der Waals surface area (Å²) in [7, 11) is 0. The van der Waals surface area contributed by atoms with Crippen LogP contribution in [-0.4, -0.2) is 9.38 Å². The van der Waals surface area contributed by atoms with Crippen LogP contribution in [-0.2, 0) is 5.66 Å². The first kappa shape index (κ1) is 20.0. The van der Waals surface area contributed by atoms with Crippen molar-refractivity contribution < 1.29 is 13.9 Å². The number of rotatable bonds is 1. The molecular weight excluding hydrogens is 480 g/mol. The van der Waals surface area contributed by atoms with Crippen molar-refractivity contribution in [1.82, 2.24) is 9.38 Å². The molecular formula is C34H22N4O+2. The van der Waals surface area contributed by atoms with Crippen LogP contribution in [0.5, 0.6) is 11.5 Å². The van der Waals surface area contributed by atoms with Gasteiger partial charge in [0.1, 0.15) is 28.8 Å². The predicted molar refractivity (Wildman–Crippen MR) is 149 cm³/mol. The lowest BCUT2D eigenvalue weighted by Crippen LogP contribution is -2.71. The van der Waals surface area contributed by atoms with E-state index >= 15 is 0 Å². The van der Waals surface area contributed by atoms with E-state index in [4.69, 9.17) is 9.72 Å². The van der Waals surface area contributed by atoms with Crippen molar-refractivity contribution in [2.75, 3.05) is 0 Å². The highest BCUT2D eigenvalue weighted by molar-refractivity contribution is 6.14.